The first-order valence-electron chi connectivity index (χ1n) is 6.27. The third-order valence-electron chi connectivity index (χ3n) is 3.36. The fraction of sp³-hybridized carbons (Fsp3) is 0.214. The second-order valence-corrected chi connectivity index (χ2v) is 6.81. The monoisotopic (exact) mass is 320 g/mol. The van der Waals surface area contributed by atoms with Crippen molar-refractivity contribution in [3.05, 3.63) is 39.1 Å². The Kier molecular flexibility index (Phi) is 3.38. The van der Waals surface area contributed by atoms with Crippen LogP contribution in [0, 0.1) is 6.92 Å². The van der Waals surface area contributed by atoms with Crippen molar-refractivity contribution in [3.63, 3.8) is 0 Å². The van der Waals surface area contributed by atoms with Crippen LogP contribution in [0.2, 0.25) is 0 Å². The molecule has 0 aromatic carbocycles. The van der Waals surface area contributed by atoms with E-state index in [-0.39, 0.29) is 5.56 Å². The molecule has 0 aliphatic carbocycles. The van der Waals surface area contributed by atoms with Crippen LogP contribution in [0.25, 0.3) is 20.7 Å². The largest absolute Gasteiger partial charge is 0.480 e. The summed E-state index contributed by atoms with van der Waals surface area (Å²) in [5.41, 5.74) is 0.567. The van der Waals surface area contributed by atoms with Crippen LogP contribution in [-0.2, 0) is 4.79 Å². The van der Waals surface area contributed by atoms with Gasteiger partial charge in [-0.05, 0) is 25.3 Å². The number of aryl methyl sites for hydroxylation is 1. The number of carbonyl (C=O) groups is 1. The van der Waals surface area contributed by atoms with E-state index in [0.717, 1.165) is 15.3 Å². The number of hydrogen-bond donors (Lipinski definition) is 1. The number of nitrogens with zero attached hydrogens (tertiary/aromatic N) is 2. The van der Waals surface area contributed by atoms with E-state index in [0.29, 0.717) is 10.2 Å². The van der Waals surface area contributed by atoms with Gasteiger partial charge >= 0.3 is 5.97 Å². The number of aromatic nitrogens is 2. The summed E-state index contributed by atoms with van der Waals surface area (Å²) in [6.07, 6.45) is 1.32. The van der Waals surface area contributed by atoms with Gasteiger partial charge in [-0.3, -0.25) is 9.36 Å². The van der Waals surface area contributed by atoms with E-state index in [2.05, 4.69) is 4.98 Å². The number of thiophene rings is 2. The average molecular weight is 320 g/mol. The zero-order chi connectivity index (χ0) is 15.1. The Balaban J connectivity index is 2.35. The van der Waals surface area contributed by atoms with Gasteiger partial charge in [0, 0.05) is 15.3 Å². The molecular weight excluding hydrogens is 308 g/mol. The van der Waals surface area contributed by atoms with Gasteiger partial charge in [0.1, 0.15) is 10.9 Å². The highest BCUT2D eigenvalue weighted by Crippen LogP contribution is 2.37. The number of hydrogen-bond acceptors (Lipinski definition) is 5. The van der Waals surface area contributed by atoms with Gasteiger partial charge in [-0.1, -0.05) is 6.07 Å². The lowest BCUT2D eigenvalue weighted by molar-refractivity contribution is -0.140. The number of carboxylic acids is 1. The highest BCUT2D eigenvalue weighted by Gasteiger charge is 2.21. The van der Waals surface area contributed by atoms with Crippen molar-refractivity contribution in [2.24, 2.45) is 0 Å². The molecule has 0 aliphatic heterocycles. The minimum Gasteiger partial charge on any atom is -0.480 e. The molecule has 3 aromatic heterocycles. The van der Waals surface area contributed by atoms with E-state index in [1.807, 2.05) is 24.4 Å². The minimum absolute atomic E-state index is 0.303. The lowest BCUT2D eigenvalue weighted by atomic mass is 10.1. The molecule has 1 N–H and O–H groups in total. The SMILES string of the molecule is Cc1sc2ncn(C(C)C(=O)O)c(=O)c2c1-c1cccs1. The highest BCUT2D eigenvalue weighted by molar-refractivity contribution is 7.20. The van der Waals surface area contributed by atoms with E-state index in [4.69, 9.17) is 5.11 Å². The fourth-order valence-corrected chi connectivity index (χ4v) is 4.12. The highest BCUT2D eigenvalue weighted by atomic mass is 32.1. The van der Waals surface area contributed by atoms with E-state index >= 15 is 0 Å². The lowest BCUT2D eigenvalue weighted by Gasteiger charge is -2.09. The normalized spacial score (nSPS) is 12.7. The number of carboxylic acid groups (broad SMARTS) is 1. The maximum absolute atomic E-state index is 12.7. The topological polar surface area (TPSA) is 72.2 Å². The van der Waals surface area contributed by atoms with Gasteiger partial charge in [0.05, 0.1) is 11.7 Å². The standard InChI is InChI=1S/C14H12N2O3S2/c1-7(14(18)19)16-6-15-12-11(13(16)17)10(8(2)21-12)9-4-3-5-20-9/h3-7H,1-2H3,(H,18,19). The molecule has 0 saturated carbocycles. The molecule has 1 atom stereocenters. The zero-order valence-electron chi connectivity index (χ0n) is 11.4. The summed E-state index contributed by atoms with van der Waals surface area (Å²) in [5, 5.41) is 11.6. The molecule has 3 heterocycles. The Bertz CT molecular complexity index is 878. The molecule has 3 rings (SSSR count). The first-order chi connectivity index (χ1) is 10.0. The molecule has 0 bridgehead atoms. The van der Waals surface area contributed by atoms with Crippen LogP contribution in [0.3, 0.4) is 0 Å². The van der Waals surface area contributed by atoms with Crippen molar-refractivity contribution in [2.45, 2.75) is 19.9 Å². The first-order valence-corrected chi connectivity index (χ1v) is 7.97. The van der Waals surface area contributed by atoms with Gasteiger partial charge < -0.3 is 5.11 Å². The van der Waals surface area contributed by atoms with Crippen molar-refractivity contribution in [1.29, 1.82) is 0 Å². The quantitative estimate of drug-likeness (QED) is 0.804. The molecule has 0 saturated heterocycles. The fourth-order valence-electron chi connectivity index (χ4n) is 2.23. The number of fused-ring (bicyclic) bond motifs is 1. The third-order valence-corrected chi connectivity index (χ3v) is 5.26. The summed E-state index contributed by atoms with van der Waals surface area (Å²) in [6, 6.07) is 2.94. The molecule has 21 heavy (non-hydrogen) atoms. The van der Waals surface area contributed by atoms with E-state index in [1.54, 1.807) is 11.3 Å². The van der Waals surface area contributed by atoms with Crippen LogP contribution in [-0.4, -0.2) is 20.6 Å². The van der Waals surface area contributed by atoms with Crippen LogP contribution >= 0.6 is 22.7 Å². The summed E-state index contributed by atoms with van der Waals surface area (Å²) >= 11 is 3.01. The van der Waals surface area contributed by atoms with Gasteiger partial charge in [-0.15, -0.1) is 22.7 Å². The first kappa shape index (κ1) is 14.0. The molecule has 0 aliphatic rings. The van der Waals surface area contributed by atoms with Crippen molar-refractivity contribution < 1.29 is 9.90 Å². The van der Waals surface area contributed by atoms with Gasteiger partial charge in [0.2, 0.25) is 0 Å². The third kappa shape index (κ3) is 2.18. The summed E-state index contributed by atoms with van der Waals surface area (Å²) in [5.74, 6) is -1.05. The van der Waals surface area contributed by atoms with Gasteiger partial charge in [-0.2, -0.15) is 0 Å². The van der Waals surface area contributed by atoms with Crippen LogP contribution in [0.15, 0.2) is 28.6 Å². The second kappa shape index (κ2) is 5.09. The molecular formula is C14H12N2O3S2. The van der Waals surface area contributed by atoms with Crippen molar-refractivity contribution >= 4 is 38.9 Å². The van der Waals surface area contributed by atoms with Crippen LogP contribution in [0.5, 0.6) is 0 Å². The Hall–Kier alpha value is -1.99. The Labute approximate surface area is 128 Å². The summed E-state index contributed by atoms with van der Waals surface area (Å²) in [6.45, 7) is 3.42. The predicted octanol–water partition coefficient (Wildman–Crippen LogP) is 3.14. The van der Waals surface area contributed by atoms with Crippen molar-refractivity contribution in [1.82, 2.24) is 9.55 Å². The smallest absolute Gasteiger partial charge is 0.326 e. The van der Waals surface area contributed by atoms with Gasteiger partial charge in [0.15, 0.2) is 0 Å². The number of aliphatic carboxylic acids is 1. The Morgan fingerprint density at radius 3 is 2.86 bits per heavy atom. The van der Waals surface area contributed by atoms with Crippen LogP contribution in [0.4, 0.5) is 0 Å². The lowest BCUT2D eigenvalue weighted by Crippen LogP contribution is -2.28. The molecule has 0 amide bonds. The predicted molar refractivity (Wildman–Crippen MR) is 84.3 cm³/mol. The average Bonchev–Trinajstić information content (AvgIpc) is 3.05. The molecule has 0 spiro atoms. The van der Waals surface area contributed by atoms with Crippen molar-refractivity contribution in [3.8, 4) is 10.4 Å². The van der Waals surface area contributed by atoms with Crippen LogP contribution < -0.4 is 5.56 Å². The summed E-state index contributed by atoms with van der Waals surface area (Å²) < 4.78 is 1.17. The maximum atomic E-state index is 12.7. The van der Waals surface area contributed by atoms with E-state index in [9.17, 15) is 9.59 Å². The molecule has 0 radical (unpaired) electrons. The second-order valence-electron chi connectivity index (χ2n) is 4.66. The maximum Gasteiger partial charge on any atom is 0.326 e. The number of rotatable bonds is 3. The van der Waals surface area contributed by atoms with Crippen molar-refractivity contribution in [2.75, 3.05) is 0 Å². The molecule has 0 fully saturated rings. The molecule has 7 heteroatoms. The van der Waals surface area contributed by atoms with Gasteiger partial charge in [-0.25, -0.2) is 9.78 Å². The van der Waals surface area contributed by atoms with E-state index in [1.165, 1.54) is 29.2 Å². The Morgan fingerprint density at radius 1 is 1.48 bits per heavy atom. The molecule has 1 unspecified atom stereocenters. The summed E-state index contributed by atoms with van der Waals surface area (Å²) in [4.78, 5) is 30.7. The van der Waals surface area contributed by atoms with Gasteiger partial charge in [0.25, 0.3) is 5.56 Å². The molecule has 3 aromatic rings. The minimum atomic E-state index is -1.05. The van der Waals surface area contributed by atoms with Crippen LogP contribution in [0.1, 0.15) is 17.8 Å². The summed E-state index contributed by atoms with van der Waals surface area (Å²) in [7, 11) is 0. The Morgan fingerprint density at radius 2 is 2.24 bits per heavy atom. The zero-order valence-corrected chi connectivity index (χ0v) is 13.0. The molecule has 5 nitrogen and oxygen atoms in total. The molecule has 108 valence electrons. The van der Waals surface area contributed by atoms with E-state index < -0.39 is 12.0 Å².